The minimum Gasteiger partial charge on any atom is -0.341 e. The molecule has 3 nitrogen and oxygen atoms in total. The molecule has 1 unspecified atom stereocenters. The number of benzene rings is 1. The van der Waals surface area contributed by atoms with Crippen molar-refractivity contribution in [2.45, 2.75) is 45.1 Å². The summed E-state index contributed by atoms with van der Waals surface area (Å²) in [6.07, 6.45) is 5.72. The van der Waals surface area contributed by atoms with Gasteiger partial charge in [0, 0.05) is 13.1 Å². The molecule has 110 valence electrons. The van der Waals surface area contributed by atoms with Crippen LogP contribution < -0.4 is 5.32 Å². The number of nitrogens with zero attached hydrogens (tertiary/aromatic N) is 1. The lowest BCUT2D eigenvalue weighted by molar-refractivity contribution is -0.133. The Labute approximate surface area is 122 Å². The van der Waals surface area contributed by atoms with Crippen molar-refractivity contribution in [3.05, 3.63) is 35.9 Å². The Hall–Kier alpha value is -1.35. The Bertz CT molecular complexity index is 399. The highest BCUT2D eigenvalue weighted by atomic mass is 16.2. The highest BCUT2D eigenvalue weighted by Crippen LogP contribution is 2.10. The van der Waals surface area contributed by atoms with Gasteiger partial charge in [-0.25, -0.2) is 0 Å². The number of carbonyl (C=O) groups excluding carboxylic acids is 1. The molecule has 0 aromatic heterocycles. The molecule has 0 saturated carbocycles. The minimum atomic E-state index is -0.0520. The van der Waals surface area contributed by atoms with Crippen molar-refractivity contribution in [1.82, 2.24) is 10.2 Å². The summed E-state index contributed by atoms with van der Waals surface area (Å²) in [6, 6.07) is 10.5. The predicted molar refractivity (Wildman–Crippen MR) is 82.7 cm³/mol. The van der Waals surface area contributed by atoms with Gasteiger partial charge in [-0.1, -0.05) is 30.3 Å². The molecule has 1 aromatic rings. The minimum absolute atomic E-state index is 0.0520. The first-order chi connectivity index (χ1) is 9.77. The second kappa shape index (κ2) is 8.05. The van der Waals surface area contributed by atoms with Crippen molar-refractivity contribution < 1.29 is 4.79 Å². The molecule has 1 fully saturated rings. The second-order valence-corrected chi connectivity index (χ2v) is 5.65. The molecule has 20 heavy (non-hydrogen) atoms. The van der Waals surface area contributed by atoms with Crippen molar-refractivity contribution in [2.75, 3.05) is 19.6 Å². The molecule has 0 spiro atoms. The van der Waals surface area contributed by atoms with Crippen LogP contribution in [0, 0.1) is 0 Å². The molecule has 1 aliphatic rings. The Morgan fingerprint density at radius 1 is 1.20 bits per heavy atom. The van der Waals surface area contributed by atoms with E-state index in [1.54, 1.807) is 0 Å². The van der Waals surface area contributed by atoms with Crippen molar-refractivity contribution in [1.29, 1.82) is 0 Å². The quantitative estimate of drug-likeness (QED) is 0.809. The molecule has 1 aromatic carbocycles. The number of nitrogens with one attached hydrogen (secondary N) is 1. The summed E-state index contributed by atoms with van der Waals surface area (Å²) < 4.78 is 0. The van der Waals surface area contributed by atoms with E-state index in [9.17, 15) is 4.79 Å². The molecule has 1 heterocycles. The third-order valence-electron chi connectivity index (χ3n) is 3.97. The summed E-state index contributed by atoms with van der Waals surface area (Å²) >= 11 is 0. The largest absolute Gasteiger partial charge is 0.341 e. The van der Waals surface area contributed by atoms with Crippen LogP contribution in [0.2, 0.25) is 0 Å². The molecule has 1 aliphatic heterocycles. The lowest BCUT2D eigenvalue weighted by Crippen LogP contribution is -2.47. The SMILES string of the molecule is CC(NCCCc1ccccc1)C(=O)N1CCCCC1. The summed E-state index contributed by atoms with van der Waals surface area (Å²) in [5.74, 6) is 0.268. The van der Waals surface area contributed by atoms with Crippen LogP contribution in [0.25, 0.3) is 0 Å². The number of amides is 1. The average Bonchev–Trinajstić information content (AvgIpc) is 2.52. The fourth-order valence-corrected chi connectivity index (χ4v) is 2.73. The van der Waals surface area contributed by atoms with E-state index in [1.165, 1.54) is 12.0 Å². The number of rotatable bonds is 6. The number of hydrogen-bond acceptors (Lipinski definition) is 2. The highest BCUT2D eigenvalue weighted by molar-refractivity contribution is 5.81. The van der Waals surface area contributed by atoms with Crippen LogP contribution in [0.5, 0.6) is 0 Å². The first-order valence-electron chi connectivity index (χ1n) is 7.83. The molecule has 1 amide bonds. The van der Waals surface area contributed by atoms with Gasteiger partial charge in [0.2, 0.25) is 5.91 Å². The summed E-state index contributed by atoms with van der Waals surface area (Å²) in [4.78, 5) is 14.2. The molecule has 2 rings (SSSR count). The monoisotopic (exact) mass is 274 g/mol. The summed E-state index contributed by atoms with van der Waals surface area (Å²) in [7, 11) is 0. The fourth-order valence-electron chi connectivity index (χ4n) is 2.73. The van der Waals surface area contributed by atoms with Crippen LogP contribution in [-0.4, -0.2) is 36.5 Å². The Balaban J connectivity index is 1.64. The third kappa shape index (κ3) is 4.64. The van der Waals surface area contributed by atoms with Crippen LogP contribution in [0.1, 0.15) is 38.2 Å². The van der Waals surface area contributed by atoms with Crippen LogP contribution >= 0.6 is 0 Å². The number of likely N-dealkylation sites (tertiary alicyclic amines) is 1. The Morgan fingerprint density at radius 3 is 2.60 bits per heavy atom. The number of hydrogen-bond donors (Lipinski definition) is 1. The lowest BCUT2D eigenvalue weighted by Gasteiger charge is -2.29. The van der Waals surface area contributed by atoms with Gasteiger partial charge >= 0.3 is 0 Å². The topological polar surface area (TPSA) is 32.3 Å². The van der Waals surface area contributed by atoms with Gasteiger partial charge in [-0.15, -0.1) is 0 Å². The zero-order chi connectivity index (χ0) is 14.2. The van der Waals surface area contributed by atoms with Crippen LogP contribution in [0.4, 0.5) is 0 Å². The van der Waals surface area contributed by atoms with Gasteiger partial charge in [0.25, 0.3) is 0 Å². The lowest BCUT2D eigenvalue weighted by atomic mass is 10.1. The molecule has 3 heteroatoms. The number of piperidine rings is 1. The van der Waals surface area contributed by atoms with E-state index < -0.39 is 0 Å². The van der Waals surface area contributed by atoms with E-state index in [-0.39, 0.29) is 11.9 Å². The normalized spacial score (nSPS) is 16.9. The molecule has 0 aliphatic carbocycles. The van der Waals surface area contributed by atoms with Crippen molar-refractivity contribution in [3.8, 4) is 0 Å². The first kappa shape index (κ1) is 15.0. The molecule has 1 saturated heterocycles. The van der Waals surface area contributed by atoms with Gasteiger partial charge in [-0.2, -0.15) is 0 Å². The number of carbonyl (C=O) groups is 1. The zero-order valence-electron chi connectivity index (χ0n) is 12.5. The third-order valence-corrected chi connectivity index (χ3v) is 3.97. The molecular formula is C17H26N2O. The van der Waals surface area contributed by atoms with Gasteiger partial charge in [0.1, 0.15) is 0 Å². The summed E-state index contributed by atoms with van der Waals surface area (Å²) in [5.41, 5.74) is 1.37. The van der Waals surface area contributed by atoms with E-state index in [4.69, 9.17) is 0 Å². The molecule has 1 atom stereocenters. The first-order valence-corrected chi connectivity index (χ1v) is 7.83. The van der Waals surface area contributed by atoms with Crippen LogP contribution in [-0.2, 0) is 11.2 Å². The van der Waals surface area contributed by atoms with Crippen molar-refractivity contribution in [2.24, 2.45) is 0 Å². The molecular weight excluding hydrogens is 248 g/mol. The maximum absolute atomic E-state index is 12.2. The van der Waals surface area contributed by atoms with Gasteiger partial charge in [-0.3, -0.25) is 4.79 Å². The number of aryl methyl sites for hydroxylation is 1. The van der Waals surface area contributed by atoms with Crippen molar-refractivity contribution >= 4 is 5.91 Å². The standard InChI is InChI=1S/C17H26N2O/c1-15(17(20)19-13-6-3-7-14-19)18-12-8-11-16-9-4-2-5-10-16/h2,4-5,9-10,15,18H,3,6-8,11-14H2,1H3. The smallest absolute Gasteiger partial charge is 0.239 e. The van der Waals surface area contributed by atoms with E-state index in [1.807, 2.05) is 17.9 Å². The molecule has 0 radical (unpaired) electrons. The fraction of sp³-hybridized carbons (Fsp3) is 0.588. The van der Waals surface area contributed by atoms with E-state index >= 15 is 0 Å². The van der Waals surface area contributed by atoms with Crippen LogP contribution in [0.3, 0.4) is 0 Å². The second-order valence-electron chi connectivity index (χ2n) is 5.65. The van der Waals surface area contributed by atoms with Crippen LogP contribution in [0.15, 0.2) is 30.3 Å². The van der Waals surface area contributed by atoms with Gasteiger partial charge in [-0.05, 0) is 51.1 Å². The maximum atomic E-state index is 12.2. The Morgan fingerprint density at radius 2 is 1.90 bits per heavy atom. The van der Waals surface area contributed by atoms with E-state index in [0.29, 0.717) is 0 Å². The summed E-state index contributed by atoms with van der Waals surface area (Å²) in [6.45, 7) is 4.76. The van der Waals surface area contributed by atoms with E-state index in [2.05, 4.69) is 29.6 Å². The molecule has 1 N–H and O–H groups in total. The highest BCUT2D eigenvalue weighted by Gasteiger charge is 2.21. The summed E-state index contributed by atoms with van der Waals surface area (Å²) in [5, 5.41) is 3.36. The van der Waals surface area contributed by atoms with Gasteiger partial charge in [0.05, 0.1) is 6.04 Å². The van der Waals surface area contributed by atoms with Gasteiger partial charge in [0.15, 0.2) is 0 Å². The predicted octanol–water partition coefficient (Wildman–Crippen LogP) is 2.61. The Kier molecular flexibility index (Phi) is 6.06. The molecule has 0 bridgehead atoms. The van der Waals surface area contributed by atoms with E-state index in [0.717, 1.165) is 45.3 Å². The maximum Gasteiger partial charge on any atom is 0.239 e. The average molecular weight is 274 g/mol. The zero-order valence-corrected chi connectivity index (χ0v) is 12.5. The van der Waals surface area contributed by atoms with Gasteiger partial charge < -0.3 is 10.2 Å². The van der Waals surface area contributed by atoms with Crippen molar-refractivity contribution in [3.63, 3.8) is 0 Å².